The Balaban J connectivity index is 1.94. The van der Waals surface area contributed by atoms with Crippen LogP contribution < -0.4 is 5.56 Å². The first-order chi connectivity index (χ1) is 12.7. The Bertz CT molecular complexity index is 1300. The number of nitrogens with one attached hydrogen (secondary N) is 1. The number of aromatic amines is 1. The number of H-pyrrole nitrogens is 1. The number of aromatic nitrogens is 2. The summed E-state index contributed by atoms with van der Waals surface area (Å²) in [4.78, 5) is 21.5. The Morgan fingerprint density at radius 2 is 1.88 bits per heavy atom. The lowest BCUT2D eigenvalue weighted by atomic mass is 10.1. The number of benzene rings is 1. The van der Waals surface area contributed by atoms with E-state index < -0.39 is 0 Å². The number of hydrogen-bond acceptors (Lipinski definition) is 5. The molecule has 0 saturated heterocycles. The van der Waals surface area contributed by atoms with Gasteiger partial charge in [0.15, 0.2) is 0 Å². The minimum absolute atomic E-state index is 0.00913. The van der Waals surface area contributed by atoms with Crippen LogP contribution in [-0.2, 0) is 0 Å². The highest BCUT2D eigenvalue weighted by atomic mass is 32.1. The minimum atomic E-state index is -0.320. The number of hydrogen-bond donors (Lipinski definition) is 2. The molecule has 0 aliphatic rings. The third-order valence-corrected chi connectivity index (χ3v) is 6.28. The maximum atomic E-state index is 11.9. The van der Waals surface area contributed by atoms with Crippen molar-refractivity contribution in [2.24, 2.45) is 0 Å². The molecule has 6 heteroatoms. The number of fused-ring (bicyclic) bond motifs is 3. The second kappa shape index (κ2) is 5.79. The number of rotatable bonds is 2. The van der Waals surface area contributed by atoms with Gasteiger partial charge in [-0.05, 0) is 17.5 Å². The third kappa shape index (κ3) is 2.34. The fraction of sp³-hybridized carbons (Fsp3) is 0. The van der Waals surface area contributed by atoms with Crippen molar-refractivity contribution < 1.29 is 5.11 Å². The predicted molar refractivity (Wildman–Crippen MR) is 108 cm³/mol. The zero-order valence-corrected chi connectivity index (χ0v) is 15.0. The largest absolute Gasteiger partial charge is 0.506 e. The van der Waals surface area contributed by atoms with E-state index in [1.54, 1.807) is 11.3 Å². The van der Waals surface area contributed by atoms with Gasteiger partial charge in [0.1, 0.15) is 10.6 Å². The van der Waals surface area contributed by atoms with Crippen LogP contribution in [0.4, 0.5) is 0 Å². The molecule has 0 aliphatic carbocycles. The molecule has 0 radical (unpaired) electrons. The molecule has 1 aromatic carbocycles. The summed E-state index contributed by atoms with van der Waals surface area (Å²) in [5.41, 5.74) is 3.23. The molecule has 0 atom stereocenters. The summed E-state index contributed by atoms with van der Waals surface area (Å²) in [5.74, 6) is -0.00913. The highest BCUT2D eigenvalue weighted by Gasteiger charge is 2.18. The summed E-state index contributed by atoms with van der Waals surface area (Å²) in [6.45, 7) is 0. The number of pyridine rings is 2. The number of nitrogens with zero attached hydrogens (tertiary/aromatic N) is 1. The van der Waals surface area contributed by atoms with Gasteiger partial charge in [-0.1, -0.05) is 36.4 Å². The molecule has 0 unspecified atom stereocenters. The zero-order chi connectivity index (χ0) is 17.7. The predicted octanol–water partition coefficient (Wildman–Crippen LogP) is 5.24. The second-order valence-corrected chi connectivity index (χ2v) is 7.85. The normalized spacial score (nSPS) is 11.4. The first-order valence-corrected chi connectivity index (χ1v) is 9.69. The minimum Gasteiger partial charge on any atom is -0.506 e. The third-order valence-electron chi connectivity index (χ3n) is 4.27. The molecule has 4 aromatic heterocycles. The van der Waals surface area contributed by atoms with Gasteiger partial charge in [-0.15, -0.1) is 22.7 Å². The molecule has 0 bridgehead atoms. The molecule has 4 heterocycles. The fourth-order valence-electron chi connectivity index (χ4n) is 3.13. The van der Waals surface area contributed by atoms with Gasteiger partial charge in [-0.25, -0.2) is 4.98 Å². The molecule has 5 rings (SSSR count). The van der Waals surface area contributed by atoms with Gasteiger partial charge in [-0.2, -0.15) is 0 Å². The topological polar surface area (TPSA) is 66.0 Å². The van der Waals surface area contributed by atoms with Crippen LogP contribution in [-0.4, -0.2) is 15.1 Å². The highest BCUT2D eigenvalue weighted by molar-refractivity contribution is 7.26. The molecular formula is C20H12N2O2S2. The van der Waals surface area contributed by atoms with E-state index in [9.17, 15) is 9.90 Å². The highest BCUT2D eigenvalue weighted by Crippen LogP contribution is 2.43. The molecule has 0 amide bonds. The monoisotopic (exact) mass is 376 g/mol. The van der Waals surface area contributed by atoms with Crippen LogP contribution in [0.2, 0.25) is 0 Å². The molecule has 26 heavy (non-hydrogen) atoms. The van der Waals surface area contributed by atoms with Gasteiger partial charge in [0.2, 0.25) is 0 Å². The Kier molecular flexibility index (Phi) is 3.41. The average Bonchev–Trinajstić information content (AvgIpc) is 3.30. The number of thiophene rings is 2. The smallest absolute Gasteiger partial charge is 0.252 e. The zero-order valence-electron chi connectivity index (χ0n) is 13.4. The Hall–Kier alpha value is -2.96. The Labute approximate surface area is 156 Å². The molecule has 5 aromatic rings. The summed E-state index contributed by atoms with van der Waals surface area (Å²) in [5, 5.41) is 13.1. The van der Waals surface area contributed by atoms with Crippen molar-refractivity contribution in [3.63, 3.8) is 0 Å². The standard InChI is InChI=1S/C20H12N2O2S2/c23-14-10-16(24)22-18-17-12(15-7-4-8-25-15)9-13(11-5-2-1-3-6-11)21-20(17)26-19(14)18/h1-10H,(H2,22,23,24). The quantitative estimate of drug-likeness (QED) is 0.443. The van der Waals surface area contributed by atoms with Crippen LogP contribution in [0.3, 0.4) is 0 Å². The molecule has 2 N–H and O–H groups in total. The van der Waals surface area contributed by atoms with E-state index in [2.05, 4.69) is 17.1 Å². The molecule has 0 spiro atoms. The lowest BCUT2D eigenvalue weighted by Gasteiger charge is -2.06. The SMILES string of the molecule is O=c1cc(O)c2sc3nc(-c4ccccc4)cc(-c4cccs4)c3c2[nH]1. The van der Waals surface area contributed by atoms with Crippen molar-refractivity contribution in [2.45, 2.75) is 0 Å². The molecule has 126 valence electrons. The van der Waals surface area contributed by atoms with E-state index >= 15 is 0 Å². The number of aromatic hydroxyl groups is 1. The maximum Gasteiger partial charge on any atom is 0.252 e. The molecule has 0 saturated carbocycles. The van der Waals surface area contributed by atoms with E-state index in [0.29, 0.717) is 10.2 Å². The molecule has 0 aliphatic heterocycles. The van der Waals surface area contributed by atoms with Crippen molar-refractivity contribution in [3.8, 4) is 27.4 Å². The van der Waals surface area contributed by atoms with E-state index in [1.165, 1.54) is 17.4 Å². The van der Waals surface area contributed by atoms with Gasteiger partial charge in [0.05, 0.1) is 15.9 Å². The summed E-state index contributed by atoms with van der Waals surface area (Å²) >= 11 is 3.03. The van der Waals surface area contributed by atoms with Crippen molar-refractivity contribution in [2.75, 3.05) is 0 Å². The van der Waals surface area contributed by atoms with Crippen molar-refractivity contribution in [1.29, 1.82) is 0 Å². The van der Waals surface area contributed by atoms with Gasteiger partial charge in [0.25, 0.3) is 5.56 Å². The van der Waals surface area contributed by atoms with Gasteiger partial charge >= 0.3 is 0 Å². The summed E-state index contributed by atoms with van der Waals surface area (Å²) in [6, 6.07) is 17.3. The second-order valence-electron chi connectivity index (χ2n) is 5.90. The first kappa shape index (κ1) is 15.3. The van der Waals surface area contributed by atoms with Crippen LogP contribution in [0.1, 0.15) is 0 Å². The summed E-state index contributed by atoms with van der Waals surface area (Å²) < 4.78 is 0.648. The van der Waals surface area contributed by atoms with E-state index in [0.717, 1.165) is 31.9 Å². The lowest BCUT2D eigenvalue weighted by molar-refractivity contribution is 0.481. The van der Waals surface area contributed by atoms with E-state index in [4.69, 9.17) is 4.98 Å². The van der Waals surface area contributed by atoms with Crippen molar-refractivity contribution in [3.05, 3.63) is 70.3 Å². The van der Waals surface area contributed by atoms with Crippen molar-refractivity contribution in [1.82, 2.24) is 9.97 Å². The molecule has 4 nitrogen and oxygen atoms in total. The van der Waals surface area contributed by atoms with Crippen LogP contribution in [0, 0.1) is 0 Å². The van der Waals surface area contributed by atoms with Gasteiger partial charge < -0.3 is 10.1 Å². The van der Waals surface area contributed by atoms with E-state index in [-0.39, 0.29) is 11.3 Å². The van der Waals surface area contributed by atoms with Gasteiger partial charge in [-0.3, -0.25) is 4.79 Å². The summed E-state index contributed by atoms with van der Waals surface area (Å²) in [7, 11) is 0. The Morgan fingerprint density at radius 1 is 1.04 bits per heavy atom. The lowest BCUT2D eigenvalue weighted by Crippen LogP contribution is -2.02. The molecule has 0 fully saturated rings. The maximum absolute atomic E-state index is 11.9. The summed E-state index contributed by atoms with van der Waals surface area (Å²) in [6.07, 6.45) is 0. The van der Waals surface area contributed by atoms with Crippen LogP contribution in [0.25, 0.3) is 42.1 Å². The van der Waals surface area contributed by atoms with E-state index in [1.807, 2.05) is 41.8 Å². The van der Waals surface area contributed by atoms with Crippen LogP contribution >= 0.6 is 22.7 Å². The van der Waals surface area contributed by atoms with Crippen molar-refractivity contribution >= 4 is 43.1 Å². The molecular weight excluding hydrogens is 364 g/mol. The Morgan fingerprint density at radius 3 is 2.65 bits per heavy atom. The first-order valence-electron chi connectivity index (χ1n) is 7.99. The van der Waals surface area contributed by atoms with Crippen LogP contribution in [0.5, 0.6) is 5.75 Å². The average molecular weight is 376 g/mol. The van der Waals surface area contributed by atoms with Crippen LogP contribution in [0.15, 0.2) is 64.8 Å². The van der Waals surface area contributed by atoms with Gasteiger partial charge in [0, 0.05) is 27.5 Å². The fourth-order valence-corrected chi connectivity index (χ4v) is 4.95.